The van der Waals surface area contributed by atoms with E-state index in [2.05, 4.69) is 45.3 Å². The van der Waals surface area contributed by atoms with Crippen LogP contribution in [0.25, 0.3) is 5.69 Å². The molecule has 0 saturated heterocycles. The van der Waals surface area contributed by atoms with Crippen LogP contribution in [0.4, 0.5) is 0 Å². The molecular weight excluding hydrogens is 380 g/mol. The van der Waals surface area contributed by atoms with Gasteiger partial charge in [-0.25, -0.2) is 0 Å². The van der Waals surface area contributed by atoms with Crippen molar-refractivity contribution in [2.75, 3.05) is 5.75 Å². The summed E-state index contributed by atoms with van der Waals surface area (Å²) in [6.45, 7) is 6.21. The van der Waals surface area contributed by atoms with Gasteiger partial charge in [0.25, 0.3) is 0 Å². The van der Waals surface area contributed by atoms with Crippen molar-refractivity contribution in [3.8, 4) is 5.69 Å². The van der Waals surface area contributed by atoms with E-state index in [0.717, 1.165) is 33.6 Å². The minimum Gasteiger partial charge on any atom is -0.318 e. The van der Waals surface area contributed by atoms with Gasteiger partial charge in [0.1, 0.15) is 5.82 Å². The minimum absolute atomic E-state index is 0.154. The molecule has 5 rings (SSSR count). The number of carbonyl (C=O) groups excluding carboxylic acids is 1. The van der Waals surface area contributed by atoms with Crippen molar-refractivity contribution in [2.24, 2.45) is 0 Å². The van der Waals surface area contributed by atoms with Gasteiger partial charge in [-0.15, -0.1) is 10.2 Å². The van der Waals surface area contributed by atoms with Crippen LogP contribution in [-0.2, 0) is 0 Å². The van der Waals surface area contributed by atoms with Gasteiger partial charge in [-0.05, 0) is 64.2 Å². The number of hydrogen-bond acceptors (Lipinski definition) is 4. The number of Topliss-reactive ketones (excluding diaryl/α,β-unsaturated/α-hetero) is 1. The molecule has 2 aliphatic rings. The van der Waals surface area contributed by atoms with Crippen molar-refractivity contribution < 1.29 is 4.79 Å². The van der Waals surface area contributed by atoms with E-state index in [1.54, 1.807) is 0 Å². The van der Waals surface area contributed by atoms with Crippen molar-refractivity contribution in [1.29, 1.82) is 0 Å². The average Bonchev–Trinajstić information content (AvgIpc) is 3.64. The lowest BCUT2D eigenvalue weighted by Gasteiger charge is -2.12. The van der Waals surface area contributed by atoms with Gasteiger partial charge in [0.2, 0.25) is 0 Å². The Kier molecular flexibility index (Phi) is 4.62. The number of aromatic nitrogens is 4. The van der Waals surface area contributed by atoms with Gasteiger partial charge in [-0.1, -0.05) is 30.0 Å². The van der Waals surface area contributed by atoms with Crippen LogP contribution in [-0.4, -0.2) is 30.9 Å². The fourth-order valence-electron chi connectivity index (χ4n) is 4.12. The molecule has 5 nitrogen and oxygen atoms in total. The summed E-state index contributed by atoms with van der Waals surface area (Å²) in [7, 11) is 0. The Balaban J connectivity index is 1.37. The van der Waals surface area contributed by atoms with Crippen molar-refractivity contribution in [1.82, 2.24) is 19.3 Å². The number of aryl methyl sites for hydroxylation is 2. The maximum atomic E-state index is 13.1. The van der Waals surface area contributed by atoms with Gasteiger partial charge in [0.05, 0.1) is 5.75 Å². The first-order chi connectivity index (χ1) is 14.0. The van der Waals surface area contributed by atoms with Crippen LogP contribution in [0.5, 0.6) is 0 Å². The zero-order chi connectivity index (χ0) is 20.1. The van der Waals surface area contributed by atoms with Crippen LogP contribution >= 0.6 is 11.8 Å². The second kappa shape index (κ2) is 7.17. The van der Waals surface area contributed by atoms with Gasteiger partial charge in [0, 0.05) is 34.6 Å². The Hall–Kier alpha value is -2.34. The SMILES string of the molecule is Cc1ccccc1-n1c(C)cc(C(=O)CSc2nnc(C3CC3)n2C2CC2)c1C. The molecule has 0 radical (unpaired) electrons. The zero-order valence-corrected chi connectivity index (χ0v) is 18.0. The summed E-state index contributed by atoms with van der Waals surface area (Å²) in [4.78, 5) is 13.1. The van der Waals surface area contributed by atoms with E-state index >= 15 is 0 Å². The number of nitrogens with zero attached hydrogens (tertiary/aromatic N) is 4. The lowest BCUT2D eigenvalue weighted by atomic mass is 10.1. The zero-order valence-electron chi connectivity index (χ0n) is 17.2. The van der Waals surface area contributed by atoms with Gasteiger partial charge >= 0.3 is 0 Å². The molecule has 2 aromatic heterocycles. The standard InChI is InChI=1S/C23H26N4OS/c1-14-6-4-5-7-20(14)26-15(2)12-19(16(26)3)21(28)13-29-23-25-24-22(17-8-9-17)27(23)18-10-11-18/h4-7,12,17-18H,8-11,13H2,1-3H3. The van der Waals surface area contributed by atoms with Crippen LogP contribution in [0, 0.1) is 20.8 Å². The van der Waals surface area contributed by atoms with Crippen LogP contribution in [0.15, 0.2) is 35.5 Å². The lowest BCUT2D eigenvalue weighted by molar-refractivity contribution is 0.102. The van der Waals surface area contributed by atoms with Gasteiger partial charge in [-0.2, -0.15) is 0 Å². The number of thioether (sulfide) groups is 1. The first-order valence-electron chi connectivity index (χ1n) is 10.4. The third-order valence-corrected chi connectivity index (χ3v) is 6.91. The Morgan fingerprint density at radius 2 is 1.86 bits per heavy atom. The highest BCUT2D eigenvalue weighted by molar-refractivity contribution is 7.99. The first kappa shape index (κ1) is 18.7. The molecule has 3 aromatic rings. The van der Waals surface area contributed by atoms with E-state index in [1.807, 2.05) is 25.1 Å². The molecule has 2 heterocycles. The minimum atomic E-state index is 0.154. The monoisotopic (exact) mass is 406 g/mol. The summed E-state index contributed by atoms with van der Waals surface area (Å²) in [5.41, 5.74) is 5.23. The molecule has 1 aromatic carbocycles. The number of ketones is 1. The predicted molar refractivity (Wildman–Crippen MR) is 115 cm³/mol. The molecule has 2 aliphatic carbocycles. The fraction of sp³-hybridized carbons (Fsp3) is 0.435. The molecule has 0 amide bonds. The maximum absolute atomic E-state index is 13.1. The highest BCUT2D eigenvalue weighted by atomic mass is 32.2. The summed E-state index contributed by atoms with van der Waals surface area (Å²) in [5.74, 6) is 2.27. The van der Waals surface area contributed by atoms with Crippen molar-refractivity contribution in [3.05, 3.63) is 58.7 Å². The molecule has 2 saturated carbocycles. The number of carbonyl (C=O) groups is 1. The summed E-state index contributed by atoms with van der Waals surface area (Å²) in [6, 6.07) is 10.9. The van der Waals surface area contributed by atoms with Crippen LogP contribution < -0.4 is 0 Å². The van der Waals surface area contributed by atoms with Crippen LogP contribution in [0.2, 0.25) is 0 Å². The highest BCUT2D eigenvalue weighted by Gasteiger charge is 2.36. The quantitative estimate of drug-likeness (QED) is 0.401. The van der Waals surface area contributed by atoms with Crippen LogP contribution in [0.3, 0.4) is 0 Å². The molecule has 0 atom stereocenters. The molecule has 150 valence electrons. The third kappa shape index (κ3) is 3.44. The van der Waals surface area contributed by atoms with Crippen molar-refractivity contribution >= 4 is 17.5 Å². The molecule has 0 bridgehead atoms. The second-order valence-corrected chi connectivity index (χ2v) is 9.28. The van der Waals surface area contributed by atoms with Crippen LogP contribution in [0.1, 0.15) is 70.8 Å². The summed E-state index contributed by atoms with van der Waals surface area (Å²) in [6.07, 6.45) is 4.85. The van der Waals surface area contributed by atoms with E-state index in [-0.39, 0.29) is 5.78 Å². The molecular formula is C23H26N4OS. The topological polar surface area (TPSA) is 52.7 Å². The number of rotatable bonds is 7. The van der Waals surface area contributed by atoms with E-state index in [9.17, 15) is 4.79 Å². The number of para-hydroxylation sites is 1. The largest absolute Gasteiger partial charge is 0.318 e. The Labute approximate surface area is 175 Å². The molecule has 2 fully saturated rings. The molecule has 0 aliphatic heterocycles. The highest BCUT2D eigenvalue weighted by Crippen LogP contribution is 2.46. The molecule has 6 heteroatoms. The van der Waals surface area contributed by atoms with E-state index in [0.29, 0.717) is 17.7 Å². The number of benzene rings is 1. The third-order valence-electron chi connectivity index (χ3n) is 5.97. The summed E-state index contributed by atoms with van der Waals surface area (Å²) < 4.78 is 4.50. The lowest BCUT2D eigenvalue weighted by Crippen LogP contribution is -2.08. The normalized spacial score (nSPS) is 16.4. The second-order valence-electron chi connectivity index (χ2n) is 8.33. The van der Waals surface area contributed by atoms with Crippen molar-refractivity contribution in [3.63, 3.8) is 0 Å². The van der Waals surface area contributed by atoms with Gasteiger partial charge < -0.3 is 9.13 Å². The first-order valence-corrected chi connectivity index (χ1v) is 11.4. The molecule has 0 unspecified atom stereocenters. The smallest absolute Gasteiger partial charge is 0.191 e. The van der Waals surface area contributed by atoms with Crippen molar-refractivity contribution in [2.45, 2.75) is 63.6 Å². The van der Waals surface area contributed by atoms with Gasteiger partial charge in [-0.3, -0.25) is 4.79 Å². The molecule has 29 heavy (non-hydrogen) atoms. The van der Waals surface area contributed by atoms with Gasteiger partial charge in [0.15, 0.2) is 10.9 Å². The van der Waals surface area contributed by atoms with E-state index in [4.69, 9.17) is 0 Å². The Bertz CT molecular complexity index is 1090. The van der Waals surface area contributed by atoms with E-state index in [1.165, 1.54) is 43.0 Å². The predicted octanol–water partition coefficient (Wildman–Crippen LogP) is 5.18. The summed E-state index contributed by atoms with van der Waals surface area (Å²) >= 11 is 1.54. The fourth-order valence-corrected chi connectivity index (χ4v) is 5.02. The summed E-state index contributed by atoms with van der Waals surface area (Å²) in [5, 5.41) is 9.79. The molecule has 0 spiro atoms. The maximum Gasteiger partial charge on any atom is 0.191 e. The number of hydrogen-bond donors (Lipinski definition) is 0. The Morgan fingerprint density at radius 1 is 1.10 bits per heavy atom. The average molecular weight is 407 g/mol. The molecule has 0 N–H and O–H groups in total. The van der Waals surface area contributed by atoms with E-state index < -0.39 is 0 Å². The Morgan fingerprint density at radius 3 is 2.55 bits per heavy atom.